The number of aliphatic hydroxyl groups is 1. The third-order valence-corrected chi connectivity index (χ3v) is 3.45. The highest BCUT2D eigenvalue weighted by Gasteiger charge is 2.55. The van der Waals surface area contributed by atoms with E-state index in [2.05, 4.69) is 0 Å². The van der Waals surface area contributed by atoms with Gasteiger partial charge in [-0.05, 0) is 19.3 Å². The van der Waals surface area contributed by atoms with Crippen LogP contribution >= 0.6 is 0 Å². The summed E-state index contributed by atoms with van der Waals surface area (Å²) in [5.74, 6) is 0. The van der Waals surface area contributed by atoms with Gasteiger partial charge in [0.05, 0.1) is 12.2 Å². The second kappa shape index (κ2) is 3.04. The summed E-state index contributed by atoms with van der Waals surface area (Å²) in [5, 5.41) is 9.60. The molecule has 0 aromatic rings. The maximum absolute atomic E-state index is 10.6. The average Bonchev–Trinajstić information content (AvgIpc) is 2.75. The van der Waals surface area contributed by atoms with Gasteiger partial charge in [0.15, 0.2) is 0 Å². The molecule has 2 fully saturated rings. The Bertz CT molecular complexity index is 221. The molecule has 0 radical (unpaired) electrons. The molecule has 0 aliphatic carbocycles. The molecule has 4 unspecified atom stereocenters. The third kappa shape index (κ3) is 1.13. The van der Waals surface area contributed by atoms with Crippen LogP contribution in [0, 0.1) is 5.41 Å². The molecular formula is C9H15NO3. The molecule has 2 aliphatic heterocycles. The van der Waals surface area contributed by atoms with Crippen molar-refractivity contribution in [1.29, 1.82) is 0 Å². The Morgan fingerprint density at radius 3 is 2.85 bits per heavy atom. The van der Waals surface area contributed by atoms with Crippen molar-refractivity contribution in [2.24, 2.45) is 11.1 Å². The molecule has 0 saturated carbocycles. The maximum Gasteiger partial charge on any atom is 0.149 e. The molecule has 74 valence electrons. The van der Waals surface area contributed by atoms with Gasteiger partial charge < -0.3 is 20.4 Å². The van der Waals surface area contributed by atoms with Gasteiger partial charge >= 0.3 is 0 Å². The Kier molecular flexibility index (Phi) is 2.14. The summed E-state index contributed by atoms with van der Waals surface area (Å²) in [7, 11) is 0. The molecule has 4 atom stereocenters. The van der Waals surface area contributed by atoms with Gasteiger partial charge in [0, 0.05) is 12.0 Å². The lowest BCUT2D eigenvalue weighted by Gasteiger charge is -2.35. The molecule has 2 rings (SSSR count). The molecule has 2 saturated heterocycles. The molecular weight excluding hydrogens is 170 g/mol. The van der Waals surface area contributed by atoms with E-state index in [9.17, 15) is 9.90 Å². The van der Waals surface area contributed by atoms with E-state index >= 15 is 0 Å². The molecule has 3 N–H and O–H groups in total. The van der Waals surface area contributed by atoms with Crippen molar-refractivity contribution in [2.75, 3.05) is 6.54 Å². The third-order valence-electron chi connectivity index (χ3n) is 3.45. The predicted molar refractivity (Wildman–Crippen MR) is 46.1 cm³/mol. The Hall–Kier alpha value is -0.450. The largest absolute Gasteiger partial charge is 0.385 e. The van der Waals surface area contributed by atoms with Gasteiger partial charge in [-0.2, -0.15) is 0 Å². The molecule has 13 heavy (non-hydrogen) atoms. The highest BCUT2D eigenvalue weighted by atomic mass is 16.5. The molecule has 2 heterocycles. The summed E-state index contributed by atoms with van der Waals surface area (Å²) in [6.45, 7) is 0.327. The zero-order valence-electron chi connectivity index (χ0n) is 7.48. The summed E-state index contributed by atoms with van der Waals surface area (Å²) in [6.07, 6.45) is 2.51. The van der Waals surface area contributed by atoms with E-state index in [0.717, 1.165) is 19.3 Å². The smallest absolute Gasteiger partial charge is 0.149 e. The summed E-state index contributed by atoms with van der Waals surface area (Å²) >= 11 is 0. The van der Waals surface area contributed by atoms with Crippen molar-refractivity contribution in [2.45, 2.75) is 37.6 Å². The Morgan fingerprint density at radius 2 is 2.46 bits per heavy atom. The van der Waals surface area contributed by atoms with Crippen LogP contribution in [0.4, 0.5) is 0 Å². The predicted octanol–water partition coefficient (Wildman–Crippen LogP) is -0.557. The fourth-order valence-corrected chi connectivity index (χ4v) is 2.62. The Labute approximate surface area is 77.1 Å². The van der Waals surface area contributed by atoms with Gasteiger partial charge in [-0.15, -0.1) is 0 Å². The van der Waals surface area contributed by atoms with Gasteiger partial charge in [-0.1, -0.05) is 0 Å². The fraction of sp³-hybridized carbons (Fsp3) is 0.889. The molecule has 2 bridgehead atoms. The van der Waals surface area contributed by atoms with Crippen molar-refractivity contribution in [3.05, 3.63) is 0 Å². The van der Waals surface area contributed by atoms with Gasteiger partial charge in [0.2, 0.25) is 0 Å². The normalized spacial score (nSPS) is 45.1. The number of hydrogen-bond donors (Lipinski definition) is 2. The quantitative estimate of drug-likeness (QED) is 0.578. The van der Waals surface area contributed by atoms with Gasteiger partial charge in [0.1, 0.15) is 12.4 Å². The van der Waals surface area contributed by atoms with E-state index in [1.54, 1.807) is 0 Å². The molecule has 0 spiro atoms. The summed E-state index contributed by atoms with van der Waals surface area (Å²) in [5.41, 5.74) is 5.14. The second-order valence-corrected chi connectivity index (χ2v) is 4.05. The van der Waals surface area contributed by atoms with Gasteiger partial charge in [0.25, 0.3) is 0 Å². The molecule has 4 heteroatoms. The number of fused-ring (bicyclic) bond motifs is 2. The number of aldehydes is 1. The first kappa shape index (κ1) is 9.12. The number of carbonyl (C=O) groups excluding carboxylic acids is 1. The van der Waals surface area contributed by atoms with Crippen LogP contribution in [0.1, 0.15) is 19.3 Å². The standard InChI is InChI=1S/C9H15NO3/c10-5-9(7(12)4-11)3-6-1-2-8(9)13-6/h4,6-8,12H,1-3,5,10H2. The fourth-order valence-electron chi connectivity index (χ4n) is 2.62. The number of ether oxygens (including phenoxy) is 1. The van der Waals surface area contributed by atoms with E-state index in [-0.39, 0.29) is 12.2 Å². The topological polar surface area (TPSA) is 72.5 Å². The molecule has 4 nitrogen and oxygen atoms in total. The van der Waals surface area contributed by atoms with E-state index in [1.807, 2.05) is 0 Å². The first-order valence-electron chi connectivity index (χ1n) is 4.72. The first-order valence-corrected chi connectivity index (χ1v) is 4.72. The lowest BCUT2D eigenvalue weighted by molar-refractivity contribution is -0.124. The summed E-state index contributed by atoms with van der Waals surface area (Å²) in [4.78, 5) is 10.6. The van der Waals surface area contributed by atoms with Crippen LogP contribution in [0.15, 0.2) is 0 Å². The average molecular weight is 185 g/mol. The maximum atomic E-state index is 10.6. The van der Waals surface area contributed by atoms with E-state index in [4.69, 9.17) is 10.5 Å². The first-order chi connectivity index (χ1) is 6.23. The van der Waals surface area contributed by atoms with Crippen molar-refractivity contribution in [3.63, 3.8) is 0 Å². The van der Waals surface area contributed by atoms with Crippen LogP contribution in [0.3, 0.4) is 0 Å². The van der Waals surface area contributed by atoms with Crippen LogP contribution in [-0.4, -0.2) is 36.2 Å². The van der Waals surface area contributed by atoms with Crippen LogP contribution in [0.25, 0.3) is 0 Å². The lowest BCUT2D eigenvalue weighted by Crippen LogP contribution is -2.49. The highest BCUT2D eigenvalue weighted by molar-refractivity contribution is 5.58. The van der Waals surface area contributed by atoms with Crippen molar-refractivity contribution < 1.29 is 14.6 Å². The van der Waals surface area contributed by atoms with E-state index in [1.165, 1.54) is 0 Å². The van der Waals surface area contributed by atoms with E-state index < -0.39 is 11.5 Å². The van der Waals surface area contributed by atoms with Crippen molar-refractivity contribution in [3.8, 4) is 0 Å². The zero-order valence-corrected chi connectivity index (χ0v) is 7.48. The SMILES string of the molecule is NCC1(C(O)C=O)CC2CCC1O2. The molecule has 2 aliphatic rings. The minimum absolute atomic E-state index is 0.0114. The molecule has 0 aromatic carbocycles. The lowest BCUT2D eigenvalue weighted by atomic mass is 9.70. The van der Waals surface area contributed by atoms with Crippen LogP contribution in [0.2, 0.25) is 0 Å². The minimum atomic E-state index is -0.965. The second-order valence-electron chi connectivity index (χ2n) is 4.05. The number of carbonyl (C=O) groups is 1. The van der Waals surface area contributed by atoms with Crippen LogP contribution in [0.5, 0.6) is 0 Å². The van der Waals surface area contributed by atoms with Crippen molar-refractivity contribution >= 4 is 6.29 Å². The monoisotopic (exact) mass is 185 g/mol. The molecule has 0 aromatic heterocycles. The Morgan fingerprint density at radius 1 is 1.69 bits per heavy atom. The zero-order chi connectivity index (χ0) is 9.47. The van der Waals surface area contributed by atoms with Gasteiger partial charge in [-0.3, -0.25) is 0 Å². The number of rotatable bonds is 3. The number of nitrogens with two attached hydrogens (primary N) is 1. The Balaban J connectivity index is 2.21. The van der Waals surface area contributed by atoms with Crippen molar-refractivity contribution in [1.82, 2.24) is 0 Å². The molecule has 0 amide bonds. The number of hydrogen-bond acceptors (Lipinski definition) is 4. The summed E-state index contributed by atoms with van der Waals surface area (Å²) < 4.78 is 5.60. The van der Waals surface area contributed by atoms with Crippen LogP contribution in [-0.2, 0) is 9.53 Å². The van der Waals surface area contributed by atoms with Gasteiger partial charge in [-0.25, -0.2) is 0 Å². The highest BCUT2D eigenvalue weighted by Crippen LogP contribution is 2.48. The van der Waals surface area contributed by atoms with E-state index in [0.29, 0.717) is 12.8 Å². The summed E-state index contributed by atoms with van der Waals surface area (Å²) in [6, 6.07) is 0. The van der Waals surface area contributed by atoms with Crippen LogP contribution < -0.4 is 5.73 Å². The minimum Gasteiger partial charge on any atom is -0.385 e. The number of aliphatic hydroxyl groups excluding tert-OH is 1.